The van der Waals surface area contributed by atoms with Crippen LogP contribution in [0.25, 0.3) is 0 Å². The highest BCUT2D eigenvalue weighted by atomic mass is 19.1. The Morgan fingerprint density at radius 1 is 1.00 bits per heavy atom. The number of esters is 1. The molecule has 7 nitrogen and oxygen atoms in total. The second-order valence-corrected chi connectivity index (χ2v) is 6.17. The minimum Gasteiger partial charge on any atom is -0.459 e. The highest BCUT2D eigenvalue weighted by molar-refractivity contribution is 6.02. The average molecular weight is 414 g/mol. The maximum atomic E-state index is 13.6. The van der Waals surface area contributed by atoms with Gasteiger partial charge >= 0.3 is 5.97 Å². The van der Waals surface area contributed by atoms with Crippen LogP contribution in [0.3, 0.4) is 0 Å². The lowest BCUT2D eigenvalue weighted by Gasteiger charge is -2.14. The molecule has 3 rings (SSSR count). The van der Waals surface area contributed by atoms with Crippen molar-refractivity contribution in [3.63, 3.8) is 0 Å². The lowest BCUT2D eigenvalue weighted by atomic mass is 10.2. The summed E-state index contributed by atoms with van der Waals surface area (Å²) in [6.45, 7) is 1.31. The molecule has 0 bridgehead atoms. The summed E-state index contributed by atoms with van der Waals surface area (Å²) >= 11 is 0. The summed E-state index contributed by atoms with van der Waals surface area (Å²) in [5.41, 5.74) is 0.324. The van der Waals surface area contributed by atoms with E-state index in [1.54, 1.807) is 6.07 Å². The monoisotopic (exact) mass is 414 g/mol. The smallest absolute Gasteiger partial charge is 0.338 e. The summed E-state index contributed by atoms with van der Waals surface area (Å²) < 4.78 is 36.6. The Bertz CT molecular complexity index is 1070. The number of furan rings is 1. The zero-order valence-corrected chi connectivity index (χ0v) is 15.6. The van der Waals surface area contributed by atoms with Gasteiger partial charge in [-0.25, -0.2) is 13.6 Å². The Hall–Kier alpha value is -4.01. The third kappa shape index (κ3) is 5.07. The van der Waals surface area contributed by atoms with Crippen molar-refractivity contribution in [2.75, 3.05) is 10.6 Å². The third-order valence-electron chi connectivity index (χ3n) is 3.97. The summed E-state index contributed by atoms with van der Waals surface area (Å²) in [6, 6.07) is 11.5. The molecule has 9 heteroatoms. The first kappa shape index (κ1) is 20.7. The molecule has 1 atom stereocenters. The molecule has 2 aromatic carbocycles. The molecule has 3 aromatic rings. The number of anilines is 2. The lowest BCUT2D eigenvalue weighted by molar-refractivity contribution is -0.123. The summed E-state index contributed by atoms with van der Waals surface area (Å²) in [5, 5.41) is 4.82. The second-order valence-electron chi connectivity index (χ2n) is 6.17. The maximum absolute atomic E-state index is 13.6. The predicted molar refractivity (Wildman–Crippen MR) is 103 cm³/mol. The predicted octanol–water partition coefficient (Wildman–Crippen LogP) is 3.99. The Morgan fingerprint density at radius 3 is 2.37 bits per heavy atom. The molecule has 0 aliphatic heterocycles. The van der Waals surface area contributed by atoms with Gasteiger partial charge in [0, 0.05) is 11.8 Å². The van der Waals surface area contributed by atoms with Crippen LogP contribution in [0.1, 0.15) is 27.8 Å². The zero-order chi connectivity index (χ0) is 21.7. The number of halogens is 2. The van der Waals surface area contributed by atoms with Gasteiger partial charge in [0.15, 0.2) is 11.9 Å². The van der Waals surface area contributed by atoms with Gasteiger partial charge in [0.25, 0.3) is 11.8 Å². The molecule has 0 saturated carbocycles. The number of hydrogen-bond donors (Lipinski definition) is 2. The maximum Gasteiger partial charge on any atom is 0.338 e. The van der Waals surface area contributed by atoms with Crippen molar-refractivity contribution < 1.29 is 32.3 Å². The number of amides is 2. The average Bonchev–Trinajstić information content (AvgIpc) is 3.25. The highest BCUT2D eigenvalue weighted by Crippen LogP contribution is 2.16. The SMILES string of the molecule is C[C@H](OC(=O)c1ccc(NC(=O)c2ccco2)cc1)C(=O)Nc1ccc(F)cc1F. The van der Waals surface area contributed by atoms with E-state index in [0.717, 1.165) is 12.1 Å². The Labute approximate surface area is 169 Å². The fraction of sp³-hybridized carbons (Fsp3) is 0.0952. The standard InChI is InChI=1S/C21H16F2N2O5/c1-12(19(26)25-17-9-6-14(22)11-16(17)23)30-21(28)13-4-7-15(8-5-13)24-20(27)18-3-2-10-29-18/h2-12H,1H3,(H,24,27)(H,25,26)/t12-/m0/s1. The topological polar surface area (TPSA) is 97.6 Å². The summed E-state index contributed by atoms with van der Waals surface area (Å²) in [4.78, 5) is 36.2. The van der Waals surface area contributed by atoms with Gasteiger partial charge in [0.05, 0.1) is 17.5 Å². The van der Waals surface area contributed by atoms with Crippen molar-refractivity contribution >= 4 is 29.2 Å². The first-order valence-corrected chi connectivity index (χ1v) is 8.75. The number of carbonyl (C=O) groups excluding carboxylic acids is 3. The van der Waals surface area contributed by atoms with E-state index >= 15 is 0 Å². The van der Waals surface area contributed by atoms with Gasteiger partial charge in [0.2, 0.25) is 0 Å². The molecule has 0 aliphatic rings. The number of nitrogens with one attached hydrogen (secondary N) is 2. The zero-order valence-electron chi connectivity index (χ0n) is 15.6. The lowest BCUT2D eigenvalue weighted by Crippen LogP contribution is -2.30. The van der Waals surface area contributed by atoms with E-state index < -0.39 is 35.5 Å². The van der Waals surface area contributed by atoms with Crippen molar-refractivity contribution in [1.82, 2.24) is 0 Å². The fourth-order valence-electron chi connectivity index (χ4n) is 2.40. The van der Waals surface area contributed by atoms with Crippen molar-refractivity contribution in [2.45, 2.75) is 13.0 Å². The molecule has 0 radical (unpaired) electrons. The van der Waals surface area contributed by atoms with E-state index in [9.17, 15) is 23.2 Å². The van der Waals surface area contributed by atoms with E-state index in [0.29, 0.717) is 11.8 Å². The van der Waals surface area contributed by atoms with Crippen LogP contribution in [0.2, 0.25) is 0 Å². The van der Waals surface area contributed by atoms with Crippen LogP contribution < -0.4 is 10.6 Å². The quantitative estimate of drug-likeness (QED) is 0.595. The molecule has 0 unspecified atom stereocenters. The van der Waals surface area contributed by atoms with Crippen LogP contribution >= 0.6 is 0 Å². The Kier molecular flexibility index (Phi) is 6.21. The molecule has 2 N–H and O–H groups in total. The second kappa shape index (κ2) is 8.99. The van der Waals surface area contributed by atoms with Crippen LogP contribution in [0.4, 0.5) is 20.2 Å². The van der Waals surface area contributed by atoms with E-state index in [1.807, 2.05) is 0 Å². The molecule has 154 valence electrons. The van der Waals surface area contributed by atoms with Gasteiger partial charge in [-0.15, -0.1) is 0 Å². The first-order chi connectivity index (χ1) is 14.3. The highest BCUT2D eigenvalue weighted by Gasteiger charge is 2.20. The Morgan fingerprint density at radius 2 is 1.73 bits per heavy atom. The van der Waals surface area contributed by atoms with E-state index in [4.69, 9.17) is 9.15 Å². The number of carbonyl (C=O) groups is 3. The summed E-state index contributed by atoms with van der Waals surface area (Å²) in [6.07, 6.45) is 0.135. The summed E-state index contributed by atoms with van der Waals surface area (Å²) in [5.74, 6) is -3.62. The van der Waals surface area contributed by atoms with Crippen molar-refractivity contribution in [2.24, 2.45) is 0 Å². The normalized spacial score (nSPS) is 11.4. The van der Waals surface area contributed by atoms with Crippen molar-refractivity contribution in [1.29, 1.82) is 0 Å². The summed E-state index contributed by atoms with van der Waals surface area (Å²) in [7, 11) is 0. The van der Waals surface area contributed by atoms with Gasteiger partial charge in [-0.05, 0) is 55.5 Å². The number of hydrogen-bond acceptors (Lipinski definition) is 5. The molecule has 1 aromatic heterocycles. The van der Waals surface area contributed by atoms with Gasteiger partial charge in [-0.2, -0.15) is 0 Å². The molecule has 0 aliphatic carbocycles. The Balaban J connectivity index is 1.56. The minimum atomic E-state index is -1.24. The van der Waals surface area contributed by atoms with Crippen LogP contribution in [0.15, 0.2) is 65.3 Å². The van der Waals surface area contributed by atoms with Gasteiger partial charge in [0.1, 0.15) is 11.6 Å². The van der Waals surface area contributed by atoms with Crippen LogP contribution in [-0.2, 0) is 9.53 Å². The number of benzene rings is 2. The van der Waals surface area contributed by atoms with Crippen molar-refractivity contribution in [3.8, 4) is 0 Å². The van der Waals surface area contributed by atoms with E-state index in [-0.39, 0.29) is 17.0 Å². The van der Waals surface area contributed by atoms with Gasteiger partial charge in [-0.3, -0.25) is 9.59 Å². The van der Waals surface area contributed by atoms with Crippen molar-refractivity contribution in [3.05, 3.63) is 83.8 Å². The number of rotatable bonds is 6. The molecule has 30 heavy (non-hydrogen) atoms. The molecule has 1 heterocycles. The van der Waals surface area contributed by atoms with E-state index in [2.05, 4.69) is 10.6 Å². The minimum absolute atomic E-state index is 0.135. The fourth-order valence-corrected chi connectivity index (χ4v) is 2.40. The van der Waals surface area contributed by atoms with Gasteiger partial charge < -0.3 is 19.8 Å². The largest absolute Gasteiger partial charge is 0.459 e. The number of ether oxygens (including phenoxy) is 1. The first-order valence-electron chi connectivity index (χ1n) is 8.75. The van der Waals surface area contributed by atoms with E-state index in [1.165, 1.54) is 43.5 Å². The molecule has 2 amide bonds. The third-order valence-corrected chi connectivity index (χ3v) is 3.97. The molecule has 0 saturated heterocycles. The van der Waals surface area contributed by atoms with Crippen LogP contribution in [-0.4, -0.2) is 23.9 Å². The van der Waals surface area contributed by atoms with Gasteiger partial charge in [-0.1, -0.05) is 0 Å². The molecular formula is C21H16F2N2O5. The molecular weight excluding hydrogens is 398 g/mol. The van der Waals surface area contributed by atoms with Crippen LogP contribution in [0.5, 0.6) is 0 Å². The van der Waals surface area contributed by atoms with Crippen LogP contribution in [0, 0.1) is 11.6 Å². The molecule has 0 fully saturated rings. The molecule has 0 spiro atoms.